The molecule has 0 saturated carbocycles. The van der Waals surface area contributed by atoms with Gasteiger partial charge < -0.3 is 20.1 Å². The standard InChI is InChI=1S/C20H22N2O4/c1-12-4-6-17(13(2)8-12)25-10-19(23)21-14(3)15-5-7-18-16(9-15)22-20(24)11-26-18/h4-9,14H,10-11H2,1-3H3,(H,21,23)(H,22,24). The van der Waals surface area contributed by atoms with Crippen LogP contribution in [0.2, 0.25) is 0 Å². The van der Waals surface area contributed by atoms with Crippen molar-refractivity contribution < 1.29 is 19.1 Å². The molecule has 1 aliphatic heterocycles. The largest absolute Gasteiger partial charge is 0.484 e. The van der Waals surface area contributed by atoms with E-state index < -0.39 is 0 Å². The highest BCUT2D eigenvalue weighted by molar-refractivity contribution is 5.95. The molecule has 0 bridgehead atoms. The van der Waals surface area contributed by atoms with Crippen LogP contribution < -0.4 is 20.1 Å². The van der Waals surface area contributed by atoms with E-state index in [0.29, 0.717) is 17.2 Å². The van der Waals surface area contributed by atoms with Crippen LogP contribution in [0.15, 0.2) is 36.4 Å². The van der Waals surface area contributed by atoms with Gasteiger partial charge in [-0.1, -0.05) is 23.8 Å². The maximum Gasteiger partial charge on any atom is 0.262 e. The zero-order valence-electron chi connectivity index (χ0n) is 15.1. The maximum atomic E-state index is 12.2. The van der Waals surface area contributed by atoms with E-state index in [1.165, 1.54) is 0 Å². The number of carbonyl (C=O) groups is 2. The van der Waals surface area contributed by atoms with Crippen LogP contribution >= 0.6 is 0 Å². The van der Waals surface area contributed by atoms with Crippen LogP contribution in [0.1, 0.15) is 29.7 Å². The number of benzene rings is 2. The highest BCUT2D eigenvalue weighted by Crippen LogP contribution is 2.30. The van der Waals surface area contributed by atoms with Gasteiger partial charge in [0.2, 0.25) is 0 Å². The minimum absolute atomic E-state index is 0.0222. The molecule has 6 heteroatoms. The number of amides is 2. The first-order chi connectivity index (χ1) is 12.4. The van der Waals surface area contributed by atoms with E-state index in [2.05, 4.69) is 10.6 Å². The fourth-order valence-electron chi connectivity index (χ4n) is 2.84. The monoisotopic (exact) mass is 354 g/mol. The van der Waals surface area contributed by atoms with Gasteiger partial charge >= 0.3 is 0 Å². The van der Waals surface area contributed by atoms with Crippen molar-refractivity contribution >= 4 is 17.5 Å². The van der Waals surface area contributed by atoms with Crippen LogP contribution in [-0.2, 0) is 9.59 Å². The van der Waals surface area contributed by atoms with E-state index in [1.807, 2.05) is 51.1 Å². The Labute approximate surface area is 152 Å². The molecule has 136 valence electrons. The normalized spacial score (nSPS) is 13.9. The lowest BCUT2D eigenvalue weighted by Crippen LogP contribution is -2.31. The summed E-state index contributed by atoms with van der Waals surface area (Å²) in [5.41, 5.74) is 3.63. The number of aryl methyl sites for hydroxylation is 2. The van der Waals surface area contributed by atoms with Gasteiger partial charge in [0, 0.05) is 0 Å². The second-order valence-corrected chi connectivity index (χ2v) is 6.44. The van der Waals surface area contributed by atoms with E-state index in [-0.39, 0.29) is 31.1 Å². The summed E-state index contributed by atoms with van der Waals surface area (Å²) < 4.78 is 10.9. The quantitative estimate of drug-likeness (QED) is 0.866. The predicted molar refractivity (Wildman–Crippen MR) is 98.5 cm³/mol. The fourth-order valence-corrected chi connectivity index (χ4v) is 2.84. The molecule has 2 aromatic rings. The lowest BCUT2D eigenvalue weighted by Gasteiger charge is -2.21. The van der Waals surface area contributed by atoms with E-state index in [1.54, 1.807) is 6.07 Å². The van der Waals surface area contributed by atoms with Crippen molar-refractivity contribution in [3.63, 3.8) is 0 Å². The van der Waals surface area contributed by atoms with Crippen LogP contribution in [0.4, 0.5) is 5.69 Å². The molecule has 26 heavy (non-hydrogen) atoms. The molecule has 0 saturated heterocycles. The van der Waals surface area contributed by atoms with E-state index in [4.69, 9.17) is 9.47 Å². The summed E-state index contributed by atoms with van der Waals surface area (Å²) in [7, 11) is 0. The van der Waals surface area contributed by atoms with E-state index >= 15 is 0 Å². The average molecular weight is 354 g/mol. The van der Waals surface area contributed by atoms with Gasteiger partial charge in [0.15, 0.2) is 13.2 Å². The third kappa shape index (κ3) is 4.14. The minimum Gasteiger partial charge on any atom is -0.484 e. The number of fused-ring (bicyclic) bond motifs is 1. The SMILES string of the molecule is Cc1ccc(OCC(=O)NC(C)c2ccc3c(c2)NC(=O)CO3)c(C)c1. The molecule has 0 fully saturated rings. The Hall–Kier alpha value is -3.02. The summed E-state index contributed by atoms with van der Waals surface area (Å²) in [6, 6.07) is 11.1. The van der Waals surface area contributed by atoms with Crippen molar-refractivity contribution in [1.82, 2.24) is 5.32 Å². The van der Waals surface area contributed by atoms with E-state index in [9.17, 15) is 9.59 Å². The smallest absolute Gasteiger partial charge is 0.262 e. The van der Waals surface area contributed by atoms with Gasteiger partial charge in [-0.15, -0.1) is 0 Å². The molecule has 2 amide bonds. The van der Waals surface area contributed by atoms with Crippen LogP contribution in [0.25, 0.3) is 0 Å². The Bertz CT molecular complexity index is 848. The molecule has 1 aliphatic rings. The topological polar surface area (TPSA) is 76.7 Å². The van der Waals surface area contributed by atoms with Crippen molar-refractivity contribution in [1.29, 1.82) is 0 Å². The summed E-state index contributed by atoms with van der Waals surface area (Å²) in [5.74, 6) is 0.931. The van der Waals surface area contributed by atoms with Crippen molar-refractivity contribution in [2.45, 2.75) is 26.8 Å². The molecule has 2 N–H and O–H groups in total. The summed E-state index contributed by atoms with van der Waals surface area (Å²) in [4.78, 5) is 23.6. The van der Waals surface area contributed by atoms with Gasteiger partial charge in [-0.3, -0.25) is 9.59 Å². The number of anilines is 1. The molecule has 6 nitrogen and oxygen atoms in total. The molecular weight excluding hydrogens is 332 g/mol. The first-order valence-electron chi connectivity index (χ1n) is 8.48. The second kappa shape index (κ2) is 7.47. The Morgan fingerprint density at radius 3 is 2.85 bits per heavy atom. The highest BCUT2D eigenvalue weighted by atomic mass is 16.5. The number of ether oxygens (including phenoxy) is 2. The number of carbonyl (C=O) groups excluding carboxylic acids is 2. The van der Waals surface area contributed by atoms with Crippen LogP contribution in [0, 0.1) is 13.8 Å². The van der Waals surface area contributed by atoms with Gasteiger partial charge in [0.25, 0.3) is 11.8 Å². The van der Waals surface area contributed by atoms with Gasteiger partial charge in [0.1, 0.15) is 11.5 Å². The summed E-state index contributed by atoms with van der Waals surface area (Å²) >= 11 is 0. The zero-order valence-corrected chi connectivity index (χ0v) is 15.1. The third-order valence-corrected chi connectivity index (χ3v) is 4.20. The molecule has 0 aliphatic carbocycles. The Kier molecular flexibility index (Phi) is 5.11. The van der Waals surface area contributed by atoms with Crippen LogP contribution in [0.3, 0.4) is 0 Å². The van der Waals surface area contributed by atoms with Crippen LogP contribution in [-0.4, -0.2) is 25.0 Å². The lowest BCUT2D eigenvalue weighted by atomic mass is 10.1. The van der Waals surface area contributed by atoms with Crippen LogP contribution in [0.5, 0.6) is 11.5 Å². The first kappa shape index (κ1) is 17.8. The molecule has 2 aromatic carbocycles. The molecule has 3 rings (SSSR count). The fraction of sp³-hybridized carbons (Fsp3) is 0.300. The number of hydrogen-bond donors (Lipinski definition) is 2. The number of nitrogens with one attached hydrogen (secondary N) is 2. The summed E-state index contributed by atoms with van der Waals surface area (Å²) in [6.07, 6.45) is 0. The molecular formula is C20H22N2O4. The predicted octanol–water partition coefficient (Wildman–Crippen LogP) is 2.89. The number of rotatable bonds is 5. The van der Waals surface area contributed by atoms with Crippen molar-refractivity contribution in [2.75, 3.05) is 18.5 Å². The van der Waals surface area contributed by atoms with E-state index in [0.717, 1.165) is 16.7 Å². The lowest BCUT2D eigenvalue weighted by molar-refractivity contribution is -0.123. The Balaban J connectivity index is 1.59. The van der Waals surface area contributed by atoms with Crippen molar-refractivity contribution in [3.05, 3.63) is 53.1 Å². The molecule has 1 atom stereocenters. The van der Waals surface area contributed by atoms with Gasteiger partial charge in [-0.2, -0.15) is 0 Å². The van der Waals surface area contributed by atoms with Crippen molar-refractivity contribution in [2.24, 2.45) is 0 Å². The highest BCUT2D eigenvalue weighted by Gasteiger charge is 2.18. The number of hydrogen-bond acceptors (Lipinski definition) is 4. The first-order valence-corrected chi connectivity index (χ1v) is 8.48. The Morgan fingerprint density at radius 2 is 2.08 bits per heavy atom. The maximum absolute atomic E-state index is 12.2. The third-order valence-electron chi connectivity index (χ3n) is 4.20. The van der Waals surface area contributed by atoms with Crippen molar-refractivity contribution in [3.8, 4) is 11.5 Å². The Morgan fingerprint density at radius 1 is 1.27 bits per heavy atom. The molecule has 0 spiro atoms. The molecule has 1 unspecified atom stereocenters. The molecule has 0 aromatic heterocycles. The molecule has 0 radical (unpaired) electrons. The summed E-state index contributed by atoms with van der Waals surface area (Å²) in [5, 5.41) is 5.66. The summed E-state index contributed by atoms with van der Waals surface area (Å²) in [6.45, 7) is 5.80. The molecule has 1 heterocycles. The minimum atomic E-state index is -0.227. The van der Waals surface area contributed by atoms with Gasteiger partial charge in [-0.05, 0) is 50.1 Å². The zero-order chi connectivity index (χ0) is 18.7. The average Bonchev–Trinajstić information content (AvgIpc) is 2.60. The van der Waals surface area contributed by atoms with Gasteiger partial charge in [-0.25, -0.2) is 0 Å². The second-order valence-electron chi connectivity index (χ2n) is 6.44. The van der Waals surface area contributed by atoms with Gasteiger partial charge in [0.05, 0.1) is 11.7 Å².